The number of hydrogen-bond acceptors (Lipinski definition) is 4. The number of rotatable bonds is 4. The van der Waals surface area contributed by atoms with E-state index in [1.165, 1.54) is 6.20 Å². The van der Waals surface area contributed by atoms with Gasteiger partial charge in [0, 0.05) is 37.4 Å². The molecular weight excluding hydrogens is 314 g/mol. The quantitative estimate of drug-likeness (QED) is 0.922. The lowest BCUT2D eigenvalue weighted by Crippen LogP contribution is -2.39. The van der Waals surface area contributed by atoms with E-state index in [1.54, 1.807) is 22.1 Å². The van der Waals surface area contributed by atoms with Crippen LogP contribution < -0.4 is 0 Å². The van der Waals surface area contributed by atoms with E-state index in [2.05, 4.69) is 15.1 Å². The fraction of sp³-hybridized carbons (Fsp3) is 0.600. The van der Waals surface area contributed by atoms with E-state index in [0.29, 0.717) is 30.2 Å². The molecule has 1 N–H and O–H groups in total. The summed E-state index contributed by atoms with van der Waals surface area (Å²) in [7, 11) is -3.51. The van der Waals surface area contributed by atoms with Crippen molar-refractivity contribution in [2.75, 3.05) is 13.1 Å². The fourth-order valence-electron chi connectivity index (χ4n) is 3.16. The van der Waals surface area contributed by atoms with Crippen LogP contribution in [0.3, 0.4) is 0 Å². The van der Waals surface area contributed by atoms with Gasteiger partial charge in [0.05, 0.1) is 11.9 Å². The summed E-state index contributed by atoms with van der Waals surface area (Å²) in [6.07, 6.45) is 5.05. The van der Waals surface area contributed by atoms with Crippen LogP contribution in [-0.2, 0) is 16.6 Å². The summed E-state index contributed by atoms with van der Waals surface area (Å²) in [6.45, 7) is 7.39. The van der Waals surface area contributed by atoms with Crippen molar-refractivity contribution < 1.29 is 8.42 Å². The highest BCUT2D eigenvalue weighted by Gasteiger charge is 2.33. The zero-order chi connectivity index (χ0) is 16.6. The van der Waals surface area contributed by atoms with Gasteiger partial charge in [-0.25, -0.2) is 13.4 Å². The summed E-state index contributed by atoms with van der Waals surface area (Å²) in [4.78, 5) is 7.92. The molecule has 3 heterocycles. The number of hydrogen-bond donors (Lipinski definition) is 1. The molecule has 0 spiro atoms. The lowest BCUT2D eigenvalue weighted by molar-refractivity contribution is 0.309. The number of imidazole rings is 1. The monoisotopic (exact) mass is 337 g/mol. The molecule has 2 aromatic heterocycles. The molecule has 0 radical (unpaired) electrons. The van der Waals surface area contributed by atoms with Crippen molar-refractivity contribution in [1.82, 2.24) is 24.1 Å². The van der Waals surface area contributed by atoms with E-state index < -0.39 is 10.0 Å². The Morgan fingerprint density at radius 2 is 2.13 bits per heavy atom. The molecule has 2 aromatic rings. The topological polar surface area (TPSA) is 83.9 Å². The number of aryl methyl sites for hydroxylation is 2. The first kappa shape index (κ1) is 16.2. The van der Waals surface area contributed by atoms with E-state index in [-0.39, 0.29) is 5.92 Å². The number of piperidine rings is 1. The van der Waals surface area contributed by atoms with Gasteiger partial charge in [-0.05, 0) is 33.6 Å². The minimum atomic E-state index is -3.51. The summed E-state index contributed by atoms with van der Waals surface area (Å²) in [5.74, 6) is 0.997. The molecule has 0 aliphatic carbocycles. The second-order valence-corrected chi connectivity index (χ2v) is 7.97. The average Bonchev–Trinajstić information content (AvgIpc) is 3.13. The molecular formula is C15H23N5O2S. The maximum Gasteiger partial charge on any atom is 0.246 e. The third kappa shape index (κ3) is 2.92. The number of H-pyrrole nitrogens is 1. The van der Waals surface area contributed by atoms with Gasteiger partial charge < -0.3 is 4.98 Å². The molecule has 1 fully saturated rings. The highest BCUT2D eigenvalue weighted by molar-refractivity contribution is 7.89. The van der Waals surface area contributed by atoms with Crippen LogP contribution in [0.25, 0.3) is 0 Å². The summed E-state index contributed by atoms with van der Waals surface area (Å²) >= 11 is 0. The van der Waals surface area contributed by atoms with Gasteiger partial charge in [0.1, 0.15) is 10.7 Å². The van der Waals surface area contributed by atoms with Gasteiger partial charge in [-0.1, -0.05) is 0 Å². The maximum atomic E-state index is 13.0. The molecule has 1 atom stereocenters. The standard InChI is InChI=1S/C15H23N5O2S/c1-4-20-12(3)14(9-17-20)23(21,22)19-7-5-6-13(10-19)15-16-8-11(2)18-15/h8-9,13H,4-7,10H2,1-3H3,(H,16,18)/t13-/m0/s1. The maximum absolute atomic E-state index is 13.0. The van der Waals surface area contributed by atoms with E-state index in [0.717, 1.165) is 24.4 Å². The normalized spacial score (nSPS) is 20.0. The summed E-state index contributed by atoms with van der Waals surface area (Å²) in [6, 6.07) is 0. The first-order valence-corrected chi connectivity index (χ1v) is 9.41. The lowest BCUT2D eigenvalue weighted by Gasteiger charge is -2.30. The van der Waals surface area contributed by atoms with Crippen LogP contribution in [0.15, 0.2) is 17.3 Å². The number of nitrogens with zero attached hydrogens (tertiary/aromatic N) is 4. The smallest absolute Gasteiger partial charge is 0.246 e. The van der Waals surface area contributed by atoms with Crippen LogP contribution in [0.2, 0.25) is 0 Å². The van der Waals surface area contributed by atoms with Crippen molar-refractivity contribution in [1.29, 1.82) is 0 Å². The Labute approximate surface area is 136 Å². The summed E-state index contributed by atoms with van der Waals surface area (Å²) in [5, 5.41) is 4.17. The molecule has 1 aliphatic heterocycles. The Kier molecular flexibility index (Phi) is 4.29. The van der Waals surface area contributed by atoms with Crippen LogP contribution in [0.1, 0.15) is 42.9 Å². The Morgan fingerprint density at radius 3 is 2.74 bits per heavy atom. The highest BCUT2D eigenvalue weighted by atomic mass is 32.2. The molecule has 7 nitrogen and oxygen atoms in total. The minimum absolute atomic E-state index is 0.119. The molecule has 1 aliphatic rings. The number of nitrogens with one attached hydrogen (secondary N) is 1. The second-order valence-electron chi connectivity index (χ2n) is 6.06. The predicted molar refractivity (Wildman–Crippen MR) is 86.7 cm³/mol. The molecule has 8 heteroatoms. The van der Waals surface area contributed by atoms with Crippen molar-refractivity contribution >= 4 is 10.0 Å². The van der Waals surface area contributed by atoms with E-state index in [4.69, 9.17) is 0 Å². The Balaban J connectivity index is 1.86. The predicted octanol–water partition coefficient (Wildman–Crippen LogP) is 1.81. The Morgan fingerprint density at radius 1 is 1.35 bits per heavy atom. The van der Waals surface area contributed by atoms with Gasteiger partial charge in [-0.15, -0.1) is 0 Å². The highest BCUT2D eigenvalue weighted by Crippen LogP contribution is 2.29. The zero-order valence-corrected chi connectivity index (χ0v) is 14.6. The fourth-order valence-corrected chi connectivity index (χ4v) is 4.85. The van der Waals surface area contributed by atoms with Gasteiger partial charge in [0.25, 0.3) is 0 Å². The molecule has 0 aromatic carbocycles. The number of sulfonamides is 1. The number of aromatic amines is 1. The molecule has 23 heavy (non-hydrogen) atoms. The molecule has 0 amide bonds. The molecule has 0 unspecified atom stereocenters. The van der Waals surface area contributed by atoms with Crippen LogP contribution in [0, 0.1) is 13.8 Å². The summed E-state index contributed by atoms with van der Waals surface area (Å²) < 4.78 is 29.2. The Bertz CT molecular complexity index is 793. The lowest BCUT2D eigenvalue weighted by atomic mass is 9.99. The van der Waals surface area contributed by atoms with Gasteiger partial charge >= 0.3 is 0 Å². The first-order chi connectivity index (χ1) is 10.9. The average molecular weight is 337 g/mol. The Hall–Kier alpha value is -1.67. The van der Waals surface area contributed by atoms with E-state index in [9.17, 15) is 8.42 Å². The second kappa shape index (κ2) is 6.09. The van der Waals surface area contributed by atoms with E-state index >= 15 is 0 Å². The minimum Gasteiger partial charge on any atom is -0.346 e. The SMILES string of the molecule is CCn1ncc(S(=O)(=O)N2CCC[C@H](c3ncc(C)[nH]3)C2)c1C. The number of aromatic nitrogens is 4. The van der Waals surface area contributed by atoms with Gasteiger partial charge in [-0.3, -0.25) is 4.68 Å². The molecule has 0 saturated carbocycles. The van der Waals surface area contributed by atoms with Crippen LogP contribution in [-0.4, -0.2) is 45.6 Å². The van der Waals surface area contributed by atoms with Crippen molar-refractivity contribution in [3.05, 3.63) is 29.6 Å². The van der Waals surface area contributed by atoms with Crippen molar-refractivity contribution in [3.63, 3.8) is 0 Å². The van der Waals surface area contributed by atoms with Crippen molar-refractivity contribution in [2.45, 2.75) is 51.0 Å². The van der Waals surface area contributed by atoms with E-state index in [1.807, 2.05) is 13.8 Å². The third-order valence-electron chi connectivity index (χ3n) is 4.47. The largest absolute Gasteiger partial charge is 0.346 e. The van der Waals surface area contributed by atoms with Crippen molar-refractivity contribution in [2.24, 2.45) is 0 Å². The first-order valence-electron chi connectivity index (χ1n) is 7.97. The molecule has 126 valence electrons. The molecule has 0 bridgehead atoms. The van der Waals surface area contributed by atoms with Crippen molar-refractivity contribution in [3.8, 4) is 0 Å². The van der Waals surface area contributed by atoms with Crippen LogP contribution >= 0.6 is 0 Å². The summed E-state index contributed by atoms with van der Waals surface area (Å²) in [5.41, 5.74) is 1.70. The zero-order valence-electron chi connectivity index (χ0n) is 13.8. The molecule has 1 saturated heterocycles. The van der Waals surface area contributed by atoms with Crippen LogP contribution in [0.4, 0.5) is 0 Å². The van der Waals surface area contributed by atoms with Gasteiger partial charge in [0.15, 0.2) is 0 Å². The van der Waals surface area contributed by atoms with Gasteiger partial charge in [-0.2, -0.15) is 9.40 Å². The molecule has 3 rings (SSSR count). The van der Waals surface area contributed by atoms with Gasteiger partial charge in [0.2, 0.25) is 10.0 Å². The van der Waals surface area contributed by atoms with Crippen LogP contribution in [0.5, 0.6) is 0 Å². The third-order valence-corrected chi connectivity index (χ3v) is 6.44.